The van der Waals surface area contributed by atoms with Gasteiger partial charge in [0.2, 0.25) is 0 Å². The van der Waals surface area contributed by atoms with Gasteiger partial charge in [-0.15, -0.1) is 0 Å². The lowest BCUT2D eigenvalue weighted by molar-refractivity contribution is -0.192. The van der Waals surface area contributed by atoms with Crippen molar-refractivity contribution in [1.29, 1.82) is 5.26 Å². The Balaban J connectivity index is 0.000000630. The number of pyridine rings is 1. The molecule has 50 heavy (non-hydrogen) atoms. The molecule has 2 aromatic carbocycles. The van der Waals surface area contributed by atoms with E-state index in [0.29, 0.717) is 53.1 Å². The number of urea groups is 1. The number of aliphatic carboxylic acids is 1. The second kappa shape index (κ2) is 13.8. The summed E-state index contributed by atoms with van der Waals surface area (Å²) in [5, 5.41) is 27.1. The molecule has 0 atom stereocenters. The number of aromatic carboxylic acids is 1. The number of hydrogen-bond donors (Lipinski definition) is 3. The van der Waals surface area contributed by atoms with Crippen molar-refractivity contribution in [3.05, 3.63) is 77.0 Å². The molecule has 1 fully saturated rings. The number of carbonyl (C=O) groups is 3. The van der Waals surface area contributed by atoms with Gasteiger partial charge in [0.15, 0.2) is 0 Å². The number of sulfone groups is 1. The average molecular weight is 713 g/mol. The predicted octanol–water partition coefficient (Wildman–Crippen LogP) is 5.02. The van der Waals surface area contributed by atoms with Gasteiger partial charge in [-0.25, -0.2) is 27.8 Å². The highest BCUT2D eigenvalue weighted by atomic mass is 32.2. The molecule has 0 spiro atoms. The van der Waals surface area contributed by atoms with E-state index in [1.54, 1.807) is 30.3 Å². The van der Waals surface area contributed by atoms with Crippen LogP contribution in [0.2, 0.25) is 0 Å². The number of halogens is 3. The fourth-order valence-electron chi connectivity index (χ4n) is 6.01. The SMILES string of the molecule is CN1C(=O)N(c2ccc(C(=O)O)cc2)Cc2c1cnc1[nH]c(-c3ccc(CN4CCC(S(C)(=O)=O)CC4)cc3)c(C#N)c21.O=C(O)C(F)(F)F. The summed E-state index contributed by atoms with van der Waals surface area (Å²) in [7, 11) is -1.37. The molecule has 3 N–H and O–H groups in total. The van der Waals surface area contributed by atoms with E-state index in [1.165, 1.54) is 23.3 Å². The molecule has 2 aliphatic heterocycles. The Hall–Kier alpha value is -5.47. The molecule has 262 valence electrons. The topological polar surface area (TPSA) is 188 Å². The lowest BCUT2D eigenvalue weighted by atomic mass is 10.00. The number of H-pyrrole nitrogens is 1. The summed E-state index contributed by atoms with van der Waals surface area (Å²) in [5.74, 6) is -3.81. The molecule has 0 saturated carbocycles. The maximum Gasteiger partial charge on any atom is 0.490 e. The first-order valence-corrected chi connectivity index (χ1v) is 17.1. The first-order chi connectivity index (χ1) is 23.5. The summed E-state index contributed by atoms with van der Waals surface area (Å²) < 4.78 is 55.5. The van der Waals surface area contributed by atoms with Gasteiger partial charge in [0.1, 0.15) is 21.6 Å². The number of aromatic amines is 1. The monoisotopic (exact) mass is 712 g/mol. The number of anilines is 2. The largest absolute Gasteiger partial charge is 0.490 e. The molecule has 2 aliphatic rings. The number of aromatic nitrogens is 2. The van der Waals surface area contributed by atoms with Crippen molar-refractivity contribution in [2.24, 2.45) is 0 Å². The first kappa shape index (κ1) is 35.8. The molecule has 2 amide bonds. The van der Waals surface area contributed by atoms with E-state index >= 15 is 0 Å². The number of piperidine rings is 1. The lowest BCUT2D eigenvalue weighted by Gasteiger charge is -2.35. The van der Waals surface area contributed by atoms with Crippen molar-refractivity contribution in [1.82, 2.24) is 14.9 Å². The van der Waals surface area contributed by atoms with Gasteiger partial charge in [-0.05, 0) is 61.3 Å². The Labute approximate surface area is 284 Å². The second-order valence-electron chi connectivity index (χ2n) is 11.9. The quantitative estimate of drug-likeness (QED) is 0.245. The number of nitrogens with zero attached hydrogens (tertiary/aromatic N) is 5. The van der Waals surface area contributed by atoms with Gasteiger partial charge in [-0.2, -0.15) is 18.4 Å². The maximum absolute atomic E-state index is 13.3. The third kappa shape index (κ3) is 7.40. The third-order valence-corrected chi connectivity index (χ3v) is 10.4. The number of carboxylic acid groups (broad SMARTS) is 2. The van der Waals surface area contributed by atoms with Crippen molar-refractivity contribution in [2.45, 2.75) is 37.4 Å². The number of carbonyl (C=O) groups excluding carboxylic acids is 1. The number of amides is 2. The molecule has 6 rings (SSSR count). The first-order valence-electron chi connectivity index (χ1n) is 15.1. The van der Waals surface area contributed by atoms with Crippen LogP contribution in [-0.4, -0.2) is 89.3 Å². The van der Waals surface area contributed by atoms with Gasteiger partial charge in [0.25, 0.3) is 0 Å². The van der Waals surface area contributed by atoms with Crippen LogP contribution >= 0.6 is 0 Å². The molecule has 0 aliphatic carbocycles. The minimum absolute atomic E-state index is 0.123. The van der Waals surface area contributed by atoms with Crippen LogP contribution in [0.4, 0.5) is 29.3 Å². The van der Waals surface area contributed by atoms with E-state index in [9.17, 15) is 41.5 Å². The fraction of sp³-hybridized carbons (Fsp3) is 0.303. The standard InChI is InChI=1S/C31H30N6O5S.C2HF3O2/c1-35-26-16-33-29-27(25(26)18-37(31(35)40)22-9-7-21(8-10-22)30(38)39)24(15-32)28(34-29)20-5-3-19(4-6-20)17-36-13-11-23(12-14-36)43(2,41)42;3-2(4,5)1(6)7/h3-10,16,23H,11-14,17-18H2,1-2H3,(H,33,34)(H,38,39);(H,6,7). The van der Waals surface area contributed by atoms with Crippen molar-refractivity contribution >= 4 is 50.2 Å². The summed E-state index contributed by atoms with van der Waals surface area (Å²) >= 11 is 0. The molecule has 1 saturated heterocycles. The molecule has 0 radical (unpaired) electrons. The van der Waals surface area contributed by atoms with Crippen molar-refractivity contribution in [3.63, 3.8) is 0 Å². The minimum Gasteiger partial charge on any atom is -0.478 e. The molecule has 0 unspecified atom stereocenters. The maximum atomic E-state index is 13.3. The van der Waals surface area contributed by atoms with Gasteiger partial charge >= 0.3 is 24.1 Å². The third-order valence-electron chi connectivity index (χ3n) is 8.67. The number of fused-ring (bicyclic) bond motifs is 3. The average Bonchev–Trinajstić information content (AvgIpc) is 3.45. The van der Waals surface area contributed by atoms with Crippen molar-refractivity contribution < 1.29 is 46.2 Å². The Kier molecular flexibility index (Phi) is 9.89. The van der Waals surface area contributed by atoms with Gasteiger partial charge in [-0.3, -0.25) is 14.7 Å². The number of nitriles is 1. The number of likely N-dealkylation sites (tertiary alicyclic amines) is 1. The zero-order chi connectivity index (χ0) is 36.5. The fourth-order valence-corrected chi connectivity index (χ4v) is 7.08. The lowest BCUT2D eigenvalue weighted by Crippen LogP contribution is -2.45. The Morgan fingerprint density at radius 3 is 2.18 bits per heavy atom. The Bertz CT molecular complexity index is 2100. The summed E-state index contributed by atoms with van der Waals surface area (Å²) in [4.78, 5) is 46.6. The van der Waals surface area contributed by atoms with Crippen LogP contribution in [0.3, 0.4) is 0 Å². The zero-order valence-corrected chi connectivity index (χ0v) is 27.5. The molecular weight excluding hydrogens is 681 g/mol. The number of rotatable bonds is 6. The van der Waals surface area contributed by atoms with E-state index in [1.807, 2.05) is 24.3 Å². The second-order valence-corrected chi connectivity index (χ2v) is 14.2. The van der Waals surface area contributed by atoms with Gasteiger partial charge < -0.3 is 15.2 Å². The number of hydrogen-bond acceptors (Lipinski definition) is 8. The molecule has 17 heteroatoms. The number of carboxylic acids is 2. The van der Waals surface area contributed by atoms with E-state index in [-0.39, 0.29) is 23.4 Å². The zero-order valence-electron chi connectivity index (χ0n) is 26.7. The highest BCUT2D eigenvalue weighted by molar-refractivity contribution is 7.91. The van der Waals surface area contributed by atoms with E-state index in [0.717, 1.165) is 29.8 Å². The van der Waals surface area contributed by atoms with E-state index in [4.69, 9.17) is 9.90 Å². The molecule has 13 nitrogen and oxygen atoms in total. The Morgan fingerprint density at radius 2 is 1.66 bits per heavy atom. The highest BCUT2D eigenvalue weighted by Gasteiger charge is 2.38. The van der Waals surface area contributed by atoms with Crippen molar-refractivity contribution in [2.75, 3.05) is 36.2 Å². The van der Waals surface area contributed by atoms with Crippen LogP contribution in [0.15, 0.2) is 54.7 Å². The van der Waals surface area contributed by atoms with Crippen LogP contribution in [-0.2, 0) is 27.7 Å². The van der Waals surface area contributed by atoms with Crippen molar-refractivity contribution in [3.8, 4) is 17.3 Å². The van der Waals surface area contributed by atoms with Crippen LogP contribution in [0.1, 0.15) is 39.9 Å². The number of nitrogens with one attached hydrogen (secondary N) is 1. The summed E-state index contributed by atoms with van der Waals surface area (Å²) in [6.45, 7) is 2.36. The molecular formula is C33H31F3N6O7S. The van der Waals surface area contributed by atoms with E-state index < -0.39 is 28.0 Å². The smallest absolute Gasteiger partial charge is 0.478 e. The predicted molar refractivity (Wildman–Crippen MR) is 176 cm³/mol. The van der Waals surface area contributed by atoms with E-state index in [2.05, 4.69) is 20.9 Å². The van der Waals surface area contributed by atoms with Crippen LogP contribution in [0, 0.1) is 11.3 Å². The molecule has 2 aromatic heterocycles. The van der Waals surface area contributed by atoms with Crippen LogP contribution in [0.5, 0.6) is 0 Å². The minimum atomic E-state index is -5.08. The van der Waals surface area contributed by atoms with Crippen LogP contribution < -0.4 is 9.80 Å². The summed E-state index contributed by atoms with van der Waals surface area (Å²) in [5.41, 5.74) is 5.55. The number of alkyl halides is 3. The normalized spacial score (nSPS) is 15.6. The highest BCUT2D eigenvalue weighted by Crippen LogP contribution is 2.39. The van der Waals surface area contributed by atoms with Crippen LogP contribution in [0.25, 0.3) is 22.3 Å². The molecule has 4 aromatic rings. The summed E-state index contributed by atoms with van der Waals surface area (Å²) in [6, 6.07) is 16.1. The Morgan fingerprint density at radius 1 is 1.06 bits per heavy atom. The van der Waals surface area contributed by atoms with Gasteiger partial charge in [0.05, 0.1) is 40.5 Å². The molecule has 0 bridgehead atoms. The van der Waals surface area contributed by atoms with Gasteiger partial charge in [0, 0.05) is 36.5 Å². The summed E-state index contributed by atoms with van der Waals surface area (Å²) in [6.07, 6.45) is -0.869. The number of benzene rings is 2. The molecule has 4 heterocycles. The van der Waals surface area contributed by atoms with Gasteiger partial charge in [-0.1, -0.05) is 24.3 Å².